The van der Waals surface area contributed by atoms with Gasteiger partial charge in [-0.15, -0.1) is 0 Å². The van der Waals surface area contributed by atoms with Crippen LogP contribution in [-0.4, -0.2) is 62.2 Å². The molecule has 0 aromatic heterocycles. The Kier molecular flexibility index (Phi) is 9.36. The molecule has 39 heavy (non-hydrogen) atoms. The van der Waals surface area contributed by atoms with Crippen molar-refractivity contribution in [2.24, 2.45) is 39.8 Å². The van der Waals surface area contributed by atoms with Gasteiger partial charge in [0.1, 0.15) is 6.04 Å². The number of guanidine groups is 1. The summed E-state index contributed by atoms with van der Waals surface area (Å²) in [6, 6.07) is -0.648. The molecule has 1 aliphatic heterocycles. The van der Waals surface area contributed by atoms with E-state index in [2.05, 4.69) is 67.7 Å². The molecule has 218 valence electrons. The largest absolute Gasteiger partial charge is 0.481 e. The van der Waals surface area contributed by atoms with E-state index < -0.39 is 13.2 Å². The average molecular weight is 544 g/mol. The van der Waals surface area contributed by atoms with Crippen molar-refractivity contribution in [1.82, 2.24) is 16.0 Å². The van der Waals surface area contributed by atoms with Crippen LogP contribution in [0.4, 0.5) is 0 Å². The topological polar surface area (TPSA) is 127 Å². The van der Waals surface area contributed by atoms with E-state index in [1.807, 2.05) is 0 Å². The average Bonchev–Trinajstić information content (AvgIpc) is 3.51. The lowest BCUT2D eigenvalue weighted by Gasteiger charge is -2.64. The molecule has 9 nitrogen and oxygen atoms in total. The molecule has 10 heteroatoms. The first-order valence-corrected chi connectivity index (χ1v) is 15.0. The molecule has 0 spiro atoms. The summed E-state index contributed by atoms with van der Waals surface area (Å²) in [7, 11) is 1.13. The van der Waals surface area contributed by atoms with Gasteiger partial charge in [0.15, 0.2) is 5.96 Å². The number of nitrogens with two attached hydrogens (primary N) is 1. The number of carbonyl (C=O) groups excluding carboxylic acids is 2. The van der Waals surface area contributed by atoms with Crippen LogP contribution < -0.4 is 21.7 Å². The van der Waals surface area contributed by atoms with Crippen LogP contribution in [0.2, 0.25) is 0 Å². The first-order valence-electron chi connectivity index (χ1n) is 15.0. The zero-order valence-corrected chi connectivity index (χ0v) is 24.8. The summed E-state index contributed by atoms with van der Waals surface area (Å²) >= 11 is 0. The zero-order chi connectivity index (χ0) is 28.4. The van der Waals surface area contributed by atoms with Crippen LogP contribution in [0.1, 0.15) is 86.0 Å². The second-order valence-electron chi connectivity index (χ2n) is 13.3. The monoisotopic (exact) mass is 543 g/mol. The second kappa shape index (κ2) is 12.2. The molecule has 0 aromatic carbocycles. The number of carbonyl (C=O) groups is 2. The van der Waals surface area contributed by atoms with E-state index in [4.69, 9.17) is 15.0 Å². The molecule has 1 heterocycles. The fourth-order valence-electron chi connectivity index (χ4n) is 7.33. The summed E-state index contributed by atoms with van der Waals surface area (Å²) in [4.78, 5) is 30.5. The number of hydrogen-bond donors (Lipinski definition) is 4. The lowest BCUT2D eigenvalue weighted by molar-refractivity contribution is -0.199. The zero-order valence-electron chi connectivity index (χ0n) is 24.8. The minimum absolute atomic E-state index is 0.0533. The highest BCUT2D eigenvalue weighted by molar-refractivity contribution is 6.48. The van der Waals surface area contributed by atoms with Crippen LogP contribution in [0.5, 0.6) is 0 Å². The number of amides is 2. The van der Waals surface area contributed by atoms with Gasteiger partial charge in [-0.2, -0.15) is 0 Å². The quantitative estimate of drug-likeness (QED) is 0.0986. The van der Waals surface area contributed by atoms with Gasteiger partial charge in [0, 0.05) is 20.0 Å². The van der Waals surface area contributed by atoms with Crippen molar-refractivity contribution in [2.75, 3.05) is 13.6 Å². The highest BCUT2D eigenvalue weighted by Crippen LogP contribution is 2.65. The Hall–Kier alpha value is -2.07. The molecule has 7 atom stereocenters. The Balaban J connectivity index is 1.42. The first kappa shape index (κ1) is 29.9. The summed E-state index contributed by atoms with van der Waals surface area (Å²) in [5, 5.41) is 9.29. The van der Waals surface area contributed by atoms with Gasteiger partial charge < -0.3 is 31.0 Å². The van der Waals surface area contributed by atoms with E-state index in [1.165, 1.54) is 6.42 Å². The van der Waals surface area contributed by atoms with E-state index >= 15 is 0 Å². The molecule has 5 N–H and O–H groups in total. The standard InChI is InChI=1S/C29H50BN5O4/c1-18(2)14-24(30-38-23-17-20-16-22(28(20,3)4)29(23,5)39-30)35-26(37)21(12-9-13-33-27(31)32-6)34-25(36)15-19-10-7-8-11-19/h7,10,18-24H,8-9,11-17H2,1-6H3,(H,34,36)(H,35,37)(H3,31,32,33)/t19?,20-,21-,22-,23+,24-,29-/m0/s1. The molecule has 0 aromatic rings. The van der Waals surface area contributed by atoms with Gasteiger partial charge in [0.05, 0.1) is 17.6 Å². The SMILES string of the molecule is CN=C(N)NCCC[C@H](NC(=O)CC1C=CCC1)C(=O)N[C@@H](CC(C)C)B1O[C@@H]2C[C@@H]3C[C@@H](C3(C)C)[C@]2(C)O1. The van der Waals surface area contributed by atoms with Crippen LogP contribution in [-0.2, 0) is 18.9 Å². The maximum Gasteiger partial charge on any atom is 0.481 e. The van der Waals surface area contributed by atoms with E-state index in [-0.39, 0.29) is 40.8 Å². The lowest BCUT2D eigenvalue weighted by atomic mass is 9.43. The van der Waals surface area contributed by atoms with Gasteiger partial charge in [-0.05, 0) is 81.0 Å². The van der Waals surface area contributed by atoms with Gasteiger partial charge >= 0.3 is 7.12 Å². The molecule has 0 radical (unpaired) electrons. The maximum atomic E-state index is 13.7. The third-order valence-electron chi connectivity index (χ3n) is 9.78. The van der Waals surface area contributed by atoms with Crippen molar-refractivity contribution in [2.45, 2.75) is 110 Å². The minimum Gasteiger partial charge on any atom is -0.404 e. The number of rotatable bonds is 12. The molecular formula is C29H50BN5O4. The van der Waals surface area contributed by atoms with Crippen LogP contribution in [0.3, 0.4) is 0 Å². The molecule has 5 aliphatic rings. The lowest BCUT2D eigenvalue weighted by Crippen LogP contribution is -2.65. The minimum atomic E-state index is -0.648. The van der Waals surface area contributed by atoms with Crippen molar-refractivity contribution < 1.29 is 18.9 Å². The Morgan fingerprint density at radius 2 is 1.97 bits per heavy atom. The van der Waals surface area contributed by atoms with Gasteiger partial charge in [-0.25, -0.2) is 0 Å². The van der Waals surface area contributed by atoms with Crippen molar-refractivity contribution in [3.63, 3.8) is 0 Å². The van der Waals surface area contributed by atoms with Crippen LogP contribution in [0.25, 0.3) is 0 Å². The van der Waals surface area contributed by atoms with E-state index in [1.54, 1.807) is 7.05 Å². The molecular weight excluding hydrogens is 493 g/mol. The summed E-state index contributed by atoms with van der Waals surface area (Å²) < 4.78 is 13.3. The number of nitrogens with zero attached hydrogens (tertiary/aromatic N) is 1. The summed E-state index contributed by atoms with van der Waals surface area (Å²) in [6.07, 6.45) is 10.7. The smallest absolute Gasteiger partial charge is 0.404 e. The van der Waals surface area contributed by atoms with E-state index in [9.17, 15) is 9.59 Å². The Bertz CT molecular complexity index is 956. The van der Waals surface area contributed by atoms with Crippen LogP contribution in [0, 0.1) is 29.1 Å². The normalized spacial score (nSPS) is 32.4. The van der Waals surface area contributed by atoms with Crippen LogP contribution >= 0.6 is 0 Å². The molecule has 2 amide bonds. The van der Waals surface area contributed by atoms with E-state index in [0.29, 0.717) is 49.5 Å². The fourth-order valence-corrected chi connectivity index (χ4v) is 7.33. The van der Waals surface area contributed by atoms with Gasteiger partial charge in [-0.1, -0.05) is 39.8 Å². The molecule has 5 rings (SSSR count). The molecule has 4 aliphatic carbocycles. The molecule has 2 bridgehead atoms. The number of allylic oxidation sites excluding steroid dienone is 2. The summed E-state index contributed by atoms with van der Waals surface area (Å²) in [5.74, 6) is 1.48. The van der Waals surface area contributed by atoms with Crippen molar-refractivity contribution in [3.05, 3.63) is 12.2 Å². The third-order valence-corrected chi connectivity index (χ3v) is 9.78. The summed E-state index contributed by atoms with van der Waals surface area (Å²) in [5.41, 5.74) is 5.67. The van der Waals surface area contributed by atoms with Crippen molar-refractivity contribution in [3.8, 4) is 0 Å². The fraction of sp³-hybridized carbons (Fsp3) is 0.828. The van der Waals surface area contributed by atoms with Crippen molar-refractivity contribution >= 4 is 24.9 Å². The van der Waals surface area contributed by atoms with Gasteiger partial charge in [0.25, 0.3) is 0 Å². The van der Waals surface area contributed by atoms with E-state index in [0.717, 1.165) is 25.7 Å². The number of hydrogen-bond acceptors (Lipinski definition) is 5. The predicted molar refractivity (Wildman–Crippen MR) is 155 cm³/mol. The Labute approximate surface area is 235 Å². The summed E-state index contributed by atoms with van der Waals surface area (Å²) in [6.45, 7) is 11.7. The molecule has 4 fully saturated rings. The number of aliphatic imine (C=N–C) groups is 1. The van der Waals surface area contributed by atoms with Crippen molar-refractivity contribution in [1.29, 1.82) is 0 Å². The Morgan fingerprint density at radius 1 is 1.21 bits per heavy atom. The van der Waals surface area contributed by atoms with Gasteiger partial charge in [0.2, 0.25) is 11.8 Å². The third kappa shape index (κ3) is 6.64. The predicted octanol–water partition coefficient (Wildman–Crippen LogP) is 2.94. The molecule has 3 saturated carbocycles. The van der Waals surface area contributed by atoms with Gasteiger partial charge in [-0.3, -0.25) is 14.6 Å². The highest BCUT2D eigenvalue weighted by atomic mass is 16.7. The van der Waals surface area contributed by atoms with Crippen LogP contribution in [0.15, 0.2) is 17.1 Å². The maximum absolute atomic E-state index is 13.7. The highest BCUT2D eigenvalue weighted by Gasteiger charge is 2.68. The number of nitrogens with one attached hydrogen (secondary N) is 3. The Morgan fingerprint density at radius 3 is 2.62 bits per heavy atom. The molecule has 1 saturated heterocycles. The first-order chi connectivity index (χ1) is 18.4. The second-order valence-corrected chi connectivity index (χ2v) is 13.3. The molecule has 1 unspecified atom stereocenters.